The third-order valence-corrected chi connectivity index (χ3v) is 14.5. The number of hydrogen-bond acceptors (Lipinski definition) is 2. The van der Waals surface area contributed by atoms with Crippen molar-refractivity contribution in [3.8, 4) is 11.1 Å². The number of hydrogen-bond donors (Lipinski definition) is 0. The number of nitrogens with zero attached hydrogens (tertiary/aromatic N) is 2. The Bertz CT molecular complexity index is 3840. The molecule has 2 nitrogen and oxygen atoms in total. The molecule has 0 radical (unpaired) electrons. The molecule has 0 heterocycles. The summed E-state index contributed by atoms with van der Waals surface area (Å²) in [5.74, 6) is 0. The summed E-state index contributed by atoms with van der Waals surface area (Å²) < 4.78 is 0. The van der Waals surface area contributed by atoms with E-state index in [1.807, 2.05) is 0 Å². The normalized spacial score (nSPS) is 11.7. The van der Waals surface area contributed by atoms with E-state index in [0.29, 0.717) is 0 Å². The summed E-state index contributed by atoms with van der Waals surface area (Å²) in [6, 6.07) is 98.6. The lowest BCUT2D eigenvalue weighted by molar-refractivity contribution is 1.32. The van der Waals surface area contributed by atoms with Crippen molar-refractivity contribution in [1.82, 2.24) is 0 Å². The van der Waals surface area contributed by atoms with Gasteiger partial charge in [0, 0.05) is 44.3 Å². The van der Waals surface area contributed by atoms with Gasteiger partial charge >= 0.3 is 0 Å². The van der Waals surface area contributed by atoms with Crippen molar-refractivity contribution < 1.29 is 0 Å². The van der Waals surface area contributed by atoms with E-state index >= 15 is 0 Å². The predicted molar refractivity (Wildman–Crippen MR) is 301 cm³/mol. The Morgan fingerprint density at radius 1 is 0.171 bits per heavy atom. The minimum Gasteiger partial charge on any atom is -0.309 e. The molecule has 14 aromatic rings. The van der Waals surface area contributed by atoms with E-state index in [0.717, 1.165) is 34.1 Å². The van der Waals surface area contributed by atoms with Crippen LogP contribution in [0.2, 0.25) is 0 Å². The molecule has 0 aromatic heterocycles. The van der Waals surface area contributed by atoms with Crippen molar-refractivity contribution >= 4 is 120 Å². The minimum atomic E-state index is 1.11. The Morgan fingerprint density at radius 2 is 0.371 bits per heavy atom. The molecule has 0 aliphatic carbocycles. The fraction of sp³-hybridized carbons (Fsp3) is 0. The van der Waals surface area contributed by atoms with Crippen LogP contribution in [0.1, 0.15) is 0 Å². The highest BCUT2D eigenvalue weighted by Gasteiger charge is 2.27. The summed E-state index contributed by atoms with van der Waals surface area (Å²) in [5, 5.41) is 19.2. The monoisotopic (exact) mass is 888 g/mol. The van der Waals surface area contributed by atoms with Gasteiger partial charge in [-0.3, -0.25) is 0 Å². The molecule has 0 unspecified atom stereocenters. The van der Waals surface area contributed by atoms with Gasteiger partial charge in [0.05, 0.1) is 11.4 Å². The summed E-state index contributed by atoms with van der Waals surface area (Å²) in [6.07, 6.45) is 0. The van der Waals surface area contributed by atoms with Crippen LogP contribution in [0.5, 0.6) is 0 Å². The molecule has 0 atom stereocenters. The summed E-state index contributed by atoms with van der Waals surface area (Å²) in [4.78, 5) is 5.00. The average Bonchev–Trinajstić information content (AvgIpc) is 3.43. The number of fused-ring (bicyclic) bond motifs is 8. The fourth-order valence-corrected chi connectivity index (χ4v) is 11.3. The van der Waals surface area contributed by atoms with Gasteiger partial charge in [-0.1, -0.05) is 218 Å². The average molecular weight is 889 g/mol. The van der Waals surface area contributed by atoms with Crippen LogP contribution in [0.15, 0.2) is 267 Å². The van der Waals surface area contributed by atoms with Crippen LogP contribution in [-0.2, 0) is 0 Å². The third-order valence-electron chi connectivity index (χ3n) is 14.5. The SMILES string of the molecule is c1ccc2cc(N(c3ccc4ccccc4c3)c3c4ccccc4c(-c4c5ccccc5c(N(c5ccc6ccccc6c5)c5ccc6ccccc6c5)c5ccccc45)c4ccccc34)ccc2c1. The second-order valence-corrected chi connectivity index (χ2v) is 18.4. The zero-order valence-corrected chi connectivity index (χ0v) is 38.3. The number of anilines is 6. The highest BCUT2D eigenvalue weighted by Crippen LogP contribution is 2.54. The molecule has 0 N–H and O–H groups in total. The molecule has 0 amide bonds. The lowest BCUT2D eigenvalue weighted by Crippen LogP contribution is -2.12. The Morgan fingerprint density at radius 3 is 0.614 bits per heavy atom. The van der Waals surface area contributed by atoms with Gasteiger partial charge in [-0.15, -0.1) is 0 Å². The smallest absolute Gasteiger partial charge is 0.0618 e. The minimum absolute atomic E-state index is 1.11. The van der Waals surface area contributed by atoms with E-state index in [4.69, 9.17) is 0 Å². The van der Waals surface area contributed by atoms with Crippen molar-refractivity contribution in [2.45, 2.75) is 0 Å². The summed E-state index contributed by atoms with van der Waals surface area (Å²) >= 11 is 0. The number of rotatable bonds is 7. The molecule has 2 heteroatoms. The second kappa shape index (κ2) is 16.2. The van der Waals surface area contributed by atoms with Crippen molar-refractivity contribution in [2.75, 3.05) is 9.80 Å². The summed E-state index contributed by atoms with van der Waals surface area (Å²) in [7, 11) is 0. The standard InChI is InChI=1S/C68H44N2/c1-5-21-49-41-53(37-33-45(49)17-1)69(54-38-34-46-18-2-6-22-50(46)42-54)67-61-29-13-9-25-57(61)65(58-26-10-14-30-62(58)67)66-59-27-11-15-31-63(59)68(64-32-16-12-28-60(64)66)70(55-39-35-47-19-3-7-23-51(47)43-55)56-40-36-48-20-4-8-24-52(48)44-56/h1-44H. The van der Waals surface area contributed by atoms with Gasteiger partial charge in [0.2, 0.25) is 0 Å². The van der Waals surface area contributed by atoms with Crippen molar-refractivity contribution in [3.05, 3.63) is 267 Å². The van der Waals surface area contributed by atoms with E-state index in [1.54, 1.807) is 0 Å². The van der Waals surface area contributed by atoms with E-state index < -0.39 is 0 Å². The molecule has 326 valence electrons. The van der Waals surface area contributed by atoms with Gasteiger partial charge in [0.15, 0.2) is 0 Å². The molecule has 0 aliphatic heterocycles. The second-order valence-electron chi connectivity index (χ2n) is 18.4. The van der Waals surface area contributed by atoms with E-state index in [2.05, 4.69) is 277 Å². The zero-order chi connectivity index (χ0) is 46.1. The third kappa shape index (κ3) is 6.42. The zero-order valence-electron chi connectivity index (χ0n) is 38.3. The Balaban J connectivity index is 1.08. The molecule has 14 rings (SSSR count). The quantitative estimate of drug-likeness (QED) is 0.147. The van der Waals surface area contributed by atoms with Crippen molar-refractivity contribution in [3.63, 3.8) is 0 Å². The molecular formula is C68H44N2. The number of benzene rings is 14. The maximum Gasteiger partial charge on any atom is 0.0618 e. The van der Waals surface area contributed by atoms with E-state index in [9.17, 15) is 0 Å². The molecule has 70 heavy (non-hydrogen) atoms. The molecule has 0 bridgehead atoms. The maximum absolute atomic E-state index is 2.50. The van der Waals surface area contributed by atoms with Gasteiger partial charge in [-0.05, 0) is 124 Å². The van der Waals surface area contributed by atoms with Crippen molar-refractivity contribution in [1.29, 1.82) is 0 Å². The first kappa shape index (κ1) is 39.9. The lowest BCUT2D eigenvalue weighted by atomic mass is 9.84. The van der Waals surface area contributed by atoms with Crippen LogP contribution in [0.3, 0.4) is 0 Å². The molecule has 14 aromatic carbocycles. The van der Waals surface area contributed by atoms with Gasteiger partial charge in [0.25, 0.3) is 0 Å². The van der Waals surface area contributed by atoms with Crippen LogP contribution in [0.4, 0.5) is 34.1 Å². The molecular weight excluding hydrogens is 845 g/mol. The highest BCUT2D eigenvalue weighted by molar-refractivity contribution is 6.31. The van der Waals surface area contributed by atoms with Crippen molar-refractivity contribution in [2.24, 2.45) is 0 Å². The van der Waals surface area contributed by atoms with Crippen LogP contribution < -0.4 is 9.80 Å². The molecule has 0 saturated carbocycles. The molecule has 0 spiro atoms. The van der Waals surface area contributed by atoms with E-state index in [-0.39, 0.29) is 0 Å². The first-order chi connectivity index (χ1) is 34.7. The molecule has 0 aliphatic rings. The summed E-state index contributed by atoms with van der Waals surface area (Å²) in [6.45, 7) is 0. The first-order valence-corrected chi connectivity index (χ1v) is 24.2. The Kier molecular flexibility index (Phi) is 9.25. The predicted octanol–water partition coefficient (Wildman–Crippen LogP) is 19.5. The van der Waals surface area contributed by atoms with Gasteiger partial charge in [-0.2, -0.15) is 0 Å². The largest absolute Gasteiger partial charge is 0.309 e. The maximum atomic E-state index is 2.50. The van der Waals surface area contributed by atoms with Gasteiger partial charge in [0.1, 0.15) is 0 Å². The molecule has 0 saturated heterocycles. The Hall–Kier alpha value is -9.24. The highest BCUT2D eigenvalue weighted by atomic mass is 15.2. The van der Waals surface area contributed by atoms with Crippen LogP contribution >= 0.6 is 0 Å². The van der Waals surface area contributed by atoms with Crippen LogP contribution in [-0.4, -0.2) is 0 Å². The van der Waals surface area contributed by atoms with Crippen LogP contribution in [0.25, 0.3) is 97.3 Å². The van der Waals surface area contributed by atoms with Gasteiger partial charge in [-0.25, -0.2) is 0 Å². The van der Waals surface area contributed by atoms with E-state index in [1.165, 1.54) is 97.3 Å². The molecule has 0 fully saturated rings. The van der Waals surface area contributed by atoms with Gasteiger partial charge < -0.3 is 9.80 Å². The van der Waals surface area contributed by atoms with Crippen LogP contribution in [0, 0.1) is 0 Å². The fourth-order valence-electron chi connectivity index (χ4n) is 11.3. The Labute approximate surface area is 406 Å². The first-order valence-electron chi connectivity index (χ1n) is 24.2. The summed E-state index contributed by atoms with van der Waals surface area (Å²) in [5.41, 5.74) is 9.22. The topological polar surface area (TPSA) is 6.48 Å². The lowest BCUT2D eigenvalue weighted by Gasteiger charge is -2.31.